The highest BCUT2D eigenvalue weighted by Gasteiger charge is 2.08. The number of hydrogen-bond acceptors (Lipinski definition) is 2. The molecular weight excluding hydrogens is 295 g/mol. The quantitative estimate of drug-likeness (QED) is 0.912. The summed E-state index contributed by atoms with van der Waals surface area (Å²) in [5.74, 6) is -1.17. The summed E-state index contributed by atoms with van der Waals surface area (Å²) in [7, 11) is 0. The molecule has 2 aromatic rings. The molecule has 0 aliphatic heterocycles. The van der Waals surface area contributed by atoms with Gasteiger partial charge < -0.3 is 9.84 Å². The molecule has 0 fully saturated rings. The van der Waals surface area contributed by atoms with E-state index in [0.29, 0.717) is 16.3 Å². The minimum atomic E-state index is -1.17. The van der Waals surface area contributed by atoms with Gasteiger partial charge in [0, 0.05) is 5.02 Å². The molecule has 3 nitrogen and oxygen atoms in total. The van der Waals surface area contributed by atoms with Crippen molar-refractivity contribution in [1.82, 2.24) is 0 Å². The minimum Gasteiger partial charge on any atom is -0.489 e. The van der Waals surface area contributed by atoms with Gasteiger partial charge in [0.05, 0.1) is 5.56 Å². The fourth-order valence-electron chi connectivity index (χ4n) is 2.01. The molecule has 0 radical (unpaired) electrons. The standard InChI is InChI=1S/C16H14ClFO3/c1-9-3-14(4-10(2)15(9)17)21-8-11-5-12(16(19)20)7-13(18)6-11/h3-7H,8H2,1-2H3,(H,19,20). The largest absolute Gasteiger partial charge is 0.489 e. The molecule has 21 heavy (non-hydrogen) atoms. The molecule has 0 bridgehead atoms. The lowest BCUT2D eigenvalue weighted by Gasteiger charge is -2.10. The number of aryl methyl sites for hydroxylation is 2. The number of rotatable bonds is 4. The minimum absolute atomic E-state index is 0.0819. The van der Waals surface area contributed by atoms with E-state index in [-0.39, 0.29) is 12.2 Å². The summed E-state index contributed by atoms with van der Waals surface area (Å²) in [4.78, 5) is 10.9. The van der Waals surface area contributed by atoms with Gasteiger partial charge in [0.25, 0.3) is 0 Å². The molecule has 0 aromatic heterocycles. The van der Waals surface area contributed by atoms with E-state index in [2.05, 4.69) is 0 Å². The van der Waals surface area contributed by atoms with E-state index in [9.17, 15) is 9.18 Å². The average molecular weight is 309 g/mol. The maximum Gasteiger partial charge on any atom is 0.335 e. The number of aromatic carboxylic acids is 1. The van der Waals surface area contributed by atoms with Gasteiger partial charge >= 0.3 is 5.97 Å². The van der Waals surface area contributed by atoms with Gasteiger partial charge in [-0.2, -0.15) is 0 Å². The van der Waals surface area contributed by atoms with Crippen LogP contribution < -0.4 is 4.74 Å². The third kappa shape index (κ3) is 3.73. The number of carboxylic acid groups (broad SMARTS) is 1. The molecule has 0 saturated carbocycles. The molecule has 0 aliphatic rings. The Morgan fingerprint density at radius 3 is 2.38 bits per heavy atom. The van der Waals surface area contributed by atoms with Crippen molar-refractivity contribution < 1.29 is 19.0 Å². The van der Waals surface area contributed by atoms with E-state index in [1.165, 1.54) is 12.1 Å². The van der Waals surface area contributed by atoms with E-state index in [0.717, 1.165) is 17.2 Å². The zero-order valence-corrected chi connectivity index (χ0v) is 12.4. The predicted octanol–water partition coefficient (Wildman–Crippen LogP) is 4.37. The van der Waals surface area contributed by atoms with Gasteiger partial charge in [-0.15, -0.1) is 0 Å². The Bertz CT molecular complexity index is 675. The number of ether oxygens (including phenoxy) is 1. The highest BCUT2D eigenvalue weighted by molar-refractivity contribution is 6.32. The molecule has 110 valence electrons. The van der Waals surface area contributed by atoms with Crippen molar-refractivity contribution in [3.63, 3.8) is 0 Å². The first kappa shape index (κ1) is 15.3. The van der Waals surface area contributed by atoms with Crippen LogP contribution in [0, 0.1) is 19.7 Å². The fourth-order valence-corrected chi connectivity index (χ4v) is 2.12. The summed E-state index contributed by atoms with van der Waals surface area (Å²) < 4.78 is 18.9. The van der Waals surface area contributed by atoms with Crippen LogP contribution >= 0.6 is 11.6 Å². The van der Waals surface area contributed by atoms with Crippen LogP contribution in [0.25, 0.3) is 0 Å². The molecule has 1 N–H and O–H groups in total. The second kappa shape index (κ2) is 6.14. The Kier molecular flexibility index (Phi) is 4.48. The molecule has 0 atom stereocenters. The van der Waals surface area contributed by atoms with Crippen LogP contribution in [0.5, 0.6) is 5.75 Å². The summed E-state index contributed by atoms with van der Waals surface area (Å²) >= 11 is 6.07. The molecule has 0 unspecified atom stereocenters. The molecule has 0 saturated heterocycles. The maximum atomic E-state index is 13.4. The van der Waals surface area contributed by atoms with E-state index >= 15 is 0 Å². The lowest BCUT2D eigenvalue weighted by atomic mass is 10.1. The first-order valence-electron chi connectivity index (χ1n) is 6.29. The van der Waals surface area contributed by atoms with Crippen LogP contribution in [0.3, 0.4) is 0 Å². The van der Waals surface area contributed by atoms with Crippen LogP contribution in [-0.4, -0.2) is 11.1 Å². The molecule has 5 heteroatoms. The second-order valence-corrected chi connectivity index (χ2v) is 5.19. The van der Waals surface area contributed by atoms with Gasteiger partial charge in [-0.1, -0.05) is 11.6 Å². The third-order valence-corrected chi connectivity index (χ3v) is 3.62. The molecule has 0 aliphatic carbocycles. The molecule has 0 heterocycles. The highest BCUT2D eigenvalue weighted by atomic mass is 35.5. The van der Waals surface area contributed by atoms with Gasteiger partial charge in [-0.3, -0.25) is 0 Å². The number of hydrogen-bond donors (Lipinski definition) is 1. The average Bonchev–Trinajstić information content (AvgIpc) is 2.41. The van der Waals surface area contributed by atoms with Crippen LogP contribution in [0.15, 0.2) is 30.3 Å². The summed E-state index contributed by atoms with van der Waals surface area (Å²) in [5.41, 5.74) is 2.13. The molecule has 2 rings (SSSR count). The van der Waals surface area contributed by atoms with Crippen molar-refractivity contribution in [2.45, 2.75) is 20.5 Å². The summed E-state index contributed by atoms with van der Waals surface area (Å²) in [6.07, 6.45) is 0. The van der Waals surface area contributed by atoms with E-state index in [4.69, 9.17) is 21.4 Å². The second-order valence-electron chi connectivity index (χ2n) is 4.81. The van der Waals surface area contributed by atoms with Gasteiger partial charge in [0.1, 0.15) is 18.2 Å². The van der Waals surface area contributed by atoms with Crippen LogP contribution in [-0.2, 0) is 6.61 Å². The molecule has 0 amide bonds. The van der Waals surface area contributed by atoms with Crippen molar-refractivity contribution in [2.24, 2.45) is 0 Å². The van der Waals surface area contributed by atoms with Crippen molar-refractivity contribution in [3.05, 3.63) is 63.4 Å². The fraction of sp³-hybridized carbons (Fsp3) is 0.188. The number of carbonyl (C=O) groups is 1. The van der Waals surface area contributed by atoms with E-state index in [1.54, 1.807) is 12.1 Å². The third-order valence-electron chi connectivity index (χ3n) is 3.02. The van der Waals surface area contributed by atoms with Crippen molar-refractivity contribution in [2.75, 3.05) is 0 Å². The Balaban J connectivity index is 2.18. The highest BCUT2D eigenvalue weighted by Crippen LogP contribution is 2.26. The first-order chi connectivity index (χ1) is 9.86. The van der Waals surface area contributed by atoms with Crippen LogP contribution in [0.4, 0.5) is 4.39 Å². The van der Waals surface area contributed by atoms with Gasteiger partial charge in [-0.05, 0) is 60.9 Å². The Morgan fingerprint density at radius 1 is 1.19 bits per heavy atom. The van der Waals surface area contributed by atoms with Gasteiger partial charge in [-0.25, -0.2) is 9.18 Å². The van der Waals surface area contributed by atoms with Crippen LogP contribution in [0.2, 0.25) is 5.02 Å². The topological polar surface area (TPSA) is 46.5 Å². The van der Waals surface area contributed by atoms with Crippen molar-refractivity contribution >= 4 is 17.6 Å². The Hall–Kier alpha value is -2.07. The zero-order chi connectivity index (χ0) is 15.6. The number of benzene rings is 2. The smallest absolute Gasteiger partial charge is 0.335 e. The monoisotopic (exact) mass is 308 g/mol. The normalized spacial score (nSPS) is 10.5. The van der Waals surface area contributed by atoms with Crippen molar-refractivity contribution in [1.29, 1.82) is 0 Å². The summed E-state index contributed by atoms with van der Waals surface area (Å²) in [6.45, 7) is 3.82. The Morgan fingerprint density at radius 2 is 1.81 bits per heavy atom. The summed E-state index contributed by atoms with van der Waals surface area (Å²) in [6, 6.07) is 7.19. The predicted molar refractivity (Wildman–Crippen MR) is 78.6 cm³/mol. The van der Waals surface area contributed by atoms with Crippen LogP contribution in [0.1, 0.15) is 27.0 Å². The molecule has 0 spiro atoms. The molecular formula is C16H14ClFO3. The van der Waals surface area contributed by atoms with E-state index < -0.39 is 11.8 Å². The lowest BCUT2D eigenvalue weighted by Crippen LogP contribution is -2.02. The zero-order valence-electron chi connectivity index (χ0n) is 11.6. The number of carboxylic acids is 1. The first-order valence-corrected chi connectivity index (χ1v) is 6.67. The summed E-state index contributed by atoms with van der Waals surface area (Å²) in [5, 5.41) is 9.58. The van der Waals surface area contributed by atoms with Gasteiger partial charge in [0.2, 0.25) is 0 Å². The number of halogens is 2. The lowest BCUT2D eigenvalue weighted by molar-refractivity contribution is 0.0696. The van der Waals surface area contributed by atoms with Gasteiger partial charge in [0.15, 0.2) is 0 Å². The SMILES string of the molecule is Cc1cc(OCc2cc(F)cc(C(=O)O)c2)cc(C)c1Cl. The van der Waals surface area contributed by atoms with Crippen molar-refractivity contribution in [3.8, 4) is 5.75 Å². The molecule has 2 aromatic carbocycles. The van der Waals surface area contributed by atoms with E-state index in [1.807, 2.05) is 13.8 Å². The Labute approximate surface area is 126 Å². The maximum absolute atomic E-state index is 13.4.